The second-order valence-corrected chi connectivity index (χ2v) is 3.78. The van der Waals surface area contributed by atoms with Crippen LogP contribution in [0, 0.1) is 5.92 Å². The fourth-order valence-electron chi connectivity index (χ4n) is 1.48. The summed E-state index contributed by atoms with van der Waals surface area (Å²) in [7, 11) is 0. The Morgan fingerprint density at radius 3 is 2.89 bits per heavy atom. The number of amides is 1. The summed E-state index contributed by atoms with van der Waals surface area (Å²) in [5.74, 6) is 0.147. The van der Waals surface area contributed by atoms with Crippen LogP contribution in [-0.2, 0) is 17.8 Å². The molecule has 0 aromatic carbocycles. The Hall–Kier alpha value is -2.05. The monoisotopic (exact) mass is 254 g/mol. The Kier molecular flexibility index (Phi) is 5.16. The summed E-state index contributed by atoms with van der Waals surface area (Å²) in [5, 5.41) is 14.0. The van der Waals surface area contributed by atoms with Gasteiger partial charge >= 0.3 is 0 Å². The second kappa shape index (κ2) is 6.63. The van der Waals surface area contributed by atoms with Gasteiger partial charge in [-0.3, -0.25) is 4.79 Å². The highest BCUT2D eigenvalue weighted by molar-refractivity contribution is 6.01. The lowest BCUT2D eigenvalue weighted by molar-refractivity contribution is -0.123. The smallest absolute Gasteiger partial charge is 0.231 e. The molecule has 0 fully saturated rings. The predicted octanol–water partition coefficient (Wildman–Crippen LogP) is 0.626. The summed E-state index contributed by atoms with van der Waals surface area (Å²) in [6.45, 7) is 3.92. The molecule has 0 aliphatic rings. The third-order valence-corrected chi connectivity index (χ3v) is 2.56. The maximum Gasteiger partial charge on any atom is 0.231 e. The lowest BCUT2D eigenvalue weighted by atomic mass is 10.1. The van der Waals surface area contributed by atoms with Crippen LogP contribution in [0.5, 0.6) is 0 Å². The van der Waals surface area contributed by atoms with Crippen molar-refractivity contribution >= 4 is 11.7 Å². The number of rotatable bonds is 6. The Morgan fingerprint density at radius 2 is 2.39 bits per heavy atom. The molecule has 1 rings (SSSR count). The van der Waals surface area contributed by atoms with Crippen LogP contribution >= 0.6 is 0 Å². The molecule has 0 aliphatic carbocycles. The van der Waals surface area contributed by atoms with Crippen LogP contribution in [-0.4, -0.2) is 21.9 Å². The first-order valence-electron chi connectivity index (χ1n) is 5.81. The highest BCUT2D eigenvalue weighted by atomic mass is 16.4. The third-order valence-electron chi connectivity index (χ3n) is 2.56. The SMILES string of the molecule is CCc1cnc(CNC(=O)C(CC)/C(N)=N/O)o1. The summed E-state index contributed by atoms with van der Waals surface area (Å²) >= 11 is 0. The van der Waals surface area contributed by atoms with Crippen molar-refractivity contribution in [1.82, 2.24) is 10.3 Å². The van der Waals surface area contributed by atoms with E-state index in [9.17, 15) is 4.79 Å². The molecule has 0 saturated heterocycles. The molecule has 1 aromatic heterocycles. The van der Waals surface area contributed by atoms with Gasteiger partial charge in [0.1, 0.15) is 5.76 Å². The minimum Gasteiger partial charge on any atom is -0.444 e. The maximum absolute atomic E-state index is 11.8. The zero-order valence-corrected chi connectivity index (χ0v) is 10.5. The molecule has 0 aliphatic heterocycles. The number of carbonyl (C=O) groups is 1. The summed E-state index contributed by atoms with van der Waals surface area (Å²) in [4.78, 5) is 15.8. The van der Waals surface area contributed by atoms with Gasteiger partial charge in [0.2, 0.25) is 11.8 Å². The number of nitrogens with zero attached hydrogens (tertiary/aromatic N) is 2. The number of hydrogen-bond donors (Lipinski definition) is 3. The highest BCUT2D eigenvalue weighted by Crippen LogP contribution is 2.06. The van der Waals surface area contributed by atoms with Gasteiger partial charge in [0, 0.05) is 6.42 Å². The minimum atomic E-state index is -0.643. The normalized spacial score (nSPS) is 13.3. The van der Waals surface area contributed by atoms with Gasteiger partial charge in [-0.05, 0) is 6.42 Å². The van der Waals surface area contributed by atoms with Crippen LogP contribution in [0.4, 0.5) is 0 Å². The van der Waals surface area contributed by atoms with Gasteiger partial charge in [-0.15, -0.1) is 0 Å². The van der Waals surface area contributed by atoms with Gasteiger partial charge in [0.15, 0.2) is 5.84 Å². The number of carbonyl (C=O) groups excluding carboxylic acids is 1. The lowest BCUT2D eigenvalue weighted by Crippen LogP contribution is -2.38. The van der Waals surface area contributed by atoms with E-state index in [0.717, 1.165) is 12.2 Å². The summed E-state index contributed by atoms with van der Waals surface area (Å²) in [6.07, 6.45) is 2.83. The van der Waals surface area contributed by atoms with E-state index in [-0.39, 0.29) is 18.3 Å². The topological polar surface area (TPSA) is 114 Å². The van der Waals surface area contributed by atoms with Crippen molar-refractivity contribution in [2.75, 3.05) is 0 Å². The van der Waals surface area contributed by atoms with Gasteiger partial charge in [0.05, 0.1) is 18.7 Å². The third kappa shape index (κ3) is 3.47. The first-order valence-corrected chi connectivity index (χ1v) is 5.81. The first kappa shape index (κ1) is 14.0. The maximum atomic E-state index is 11.8. The first-order chi connectivity index (χ1) is 8.62. The molecule has 0 radical (unpaired) electrons. The average molecular weight is 254 g/mol. The van der Waals surface area contributed by atoms with Crippen molar-refractivity contribution < 1.29 is 14.4 Å². The minimum absolute atomic E-state index is 0.100. The number of aryl methyl sites for hydroxylation is 1. The second-order valence-electron chi connectivity index (χ2n) is 3.78. The van der Waals surface area contributed by atoms with Crippen LogP contribution < -0.4 is 11.1 Å². The van der Waals surface area contributed by atoms with Gasteiger partial charge in [-0.1, -0.05) is 19.0 Å². The molecule has 1 amide bonds. The Bertz CT molecular complexity index is 428. The molecule has 1 aromatic rings. The van der Waals surface area contributed by atoms with E-state index >= 15 is 0 Å². The Labute approximate surface area is 105 Å². The molecule has 4 N–H and O–H groups in total. The summed E-state index contributed by atoms with van der Waals surface area (Å²) in [5.41, 5.74) is 5.42. The van der Waals surface area contributed by atoms with Crippen molar-refractivity contribution in [3.8, 4) is 0 Å². The van der Waals surface area contributed by atoms with E-state index < -0.39 is 5.92 Å². The molecule has 1 atom stereocenters. The molecule has 7 heteroatoms. The fraction of sp³-hybridized carbons (Fsp3) is 0.545. The van der Waals surface area contributed by atoms with E-state index in [0.29, 0.717) is 12.3 Å². The Balaban J connectivity index is 2.54. The fourth-order valence-corrected chi connectivity index (χ4v) is 1.48. The van der Waals surface area contributed by atoms with Gasteiger partial charge < -0.3 is 20.7 Å². The zero-order chi connectivity index (χ0) is 13.5. The van der Waals surface area contributed by atoms with Crippen LogP contribution in [0.25, 0.3) is 0 Å². The molecule has 1 heterocycles. The van der Waals surface area contributed by atoms with Crippen LogP contribution in [0.3, 0.4) is 0 Å². The van der Waals surface area contributed by atoms with E-state index in [4.69, 9.17) is 15.4 Å². The molecular formula is C11H18N4O3. The van der Waals surface area contributed by atoms with Crippen LogP contribution in [0.1, 0.15) is 31.9 Å². The van der Waals surface area contributed by atoms with E-state index in [1.54, 1.807) is 13.1 Å². The number of hydrogen-bond acceptors (Lipinski definition) is 5. The molecule has 0 spiro atoms. The molecule has 1 unspecified atom stereocenters. The number of oxime groups is 1. The zero-order valence-electron chi connectivity index (χ0n) is 10.5. The number of nitrogens with one attached hydrogen (secondary N) is 1. The summed E-state index contributed by atoms with van der Waals surface area (Å²) in [6, 6.07) is 0. The molecule has 0 bridgehead atoms. The number of nitrogens with two attached hydrogens (primary N) is 1. The van der Waals surface area contributed by atoms with Gasteiger partial charge in [-0.25, -0.2) is 4.98 Å². The summed E-state index contributed by atoms with van der Waals surface area (Å²) < 4.78 is 5.35. The molecular weight excluding hydrogens is 236 g/mol. The van der Waals surface area contributed by atoms with E-state index in [2.05, 4.69) is 15.5 Å². The van der Waals surface area contributed by atoms with E-state index in [1.165, 1.54) is 0 Å². The lowest BCUT2D eigenvalue weighted by Gasteiger charge is -2.12. The van der Waals surface area contributed by atoms with Gasteiger partial charge in [-0.2, -0.15) is 0 Å². The van der Waals surface area contributed by atoms with Crippen molar-refractivity contribution in [3.63, 3.8) is 0 Å². The average Bonchev–Trinajstić information content (AvgIpc) is 2.84. The van der Waals surface area contributed by atoms with Crippen molar-refractivity contribution in [1.29, 1.82) is 0 Å². The Morgan fingerprint density at radius 1 is 1.67 bits per heavy atom. The largest absolute Gasteiger partial charge is 0.444 e. The standard InChI is InChI=1S/C11H18N4O3/c1-3-7-5-13-9(18-7)6-14-11(16)8(4-2)10(12)15-17/h5,8,17H,3-4,6H2,1-2H3,(H2,12,15)(H,14,16). The highest BCUT2D eigenvalue weighted by Gasteiger charge is 2.21. The molecule has 7 nitrogen and oxygen atoms in total. The number of aromatic nitrogens is 1. The van der Waals surface area contributed by atoms with Crippen LogP contribution in [0.2, 0.25) is 0 Å². The molecule has 18 heavy (non-hydrogen) atoms. The van der Waals surface area contributed by atoms with Crippen molar-refractivity contribution in [3.05, 3.63) is 17.8 Å². The number of oxazole rings is 1. The van der Waals surface area contributed by atoms with Crippen molar-refractivity contribution in [2.24, 2.45) is 16.8 Å². The molecule has 100 valence electrons. The quantitative estimate of drug-likeness (QED) is 0.298. The van der Waals surface area contributed by atoms with Gasteiger partial charge in [0.25, 0.3) is 0 Å². The van der Waals surface area contributed by atoms with Crippen LogP contribution in [0.15, 0.2) is 15.8 Å². The molecule has 0 saturated carbocycles. The van der Waals surface area contributed by atoms with E-state index in [1.807, 2.05) is 6.92 Å². The van der Waals surface area contributed by atoms with Crippen molar-refractivity contribution in [2.45, 2.75) is 33.2 Å². The predicted molar refractivity (Wildman–Crippen MR) is 64.9 cm³/mol. The number of amidine groups is 1.